The molecule has 0 saturated heterocycles. The summed E-state index contributed by atoms with van der Waals surface area (Å²) in [7, 11) is 0. The summed E-state index contributed by atoms with van der Waals surface area (Å²) in [5, 5.41) is 7.76. The van der Waals surface area contributed by atoms with Crippen LogP contribution in [0.2, 0.25) is 0 Å². The molecule has 1 amide bonds. The molecular weight excluding hydrogens is 284 g/mol. The Morgan fingerprint density at radius 3 is 2.86 bits per heavy atom. The minimum absolute atomic E-state index is 0.127. The summed E-state index contributed by atoms with van der Waals surface area (Å²) < 4.78 is 2.93. The average molecular weight is 300 g/mol. The first-order valence-corrected chi connectivity index (χ1v) is 7.60. The van der Waals surface area contributed by atoms with E-state index in [0.717, 1.165) is 21.6 Å². The summed E-state index contributed by atoms with van der Waals surface area (Å²) in [4.78, 5) is 16.4. The summed E-state index contributed by atoms with van der Waals surface area (Å²) in [6.07, 6.45) is 0. The van der Waals surface area contributed by atoms with E-state index >= 15 is 0 Å². The quantitative estimate of drug-likeness (QED) is 0.805. The van der Waals surface area contributed by atoms with Crippen molar-refractivity contribution in [2.45, 2.75) is 20.4 Å². The van der Waals surface area contributed by atoms with Crippen LogP contribution in [-0.2, 0) is 6.54 Å². The number of thiazole rings is 1. The van der Waals surface area contributed by atoms with Gasteiger partial charge in [-0.05, 0) is 32.0 Å². The van der Waals surface area contributed by atoms with Gasteiger partial charge in [-0.2, -0.15) is 5.10 Å². The number of hydrogen-bond donors (Lipinski definition) is 1. The average Bonchev–Trinajstić information content (AvgIpc) is 3.02. The Hall–Kier alpha value is -2.21. The van der Waals surface area contributed by atoms with Gasteiger partial charge in [0.05, 0.1) is 22.5 Å². The van der Waals surface area contributed by atoms with Crippen LogP contribution in [0.25, 0.3) is 10.2 Å². The number of fused-ring (bicyclic) bond motifs is 1. The van der Waals surface area contributed by atoms with Crippen LogP contribution in [0.15, 0.2) is 30.3 Å². The number of aromatic nitrogens is 3. The maximum absolute atomic E-state index is 12.1. The van der Waals surface area contributed by atoms with Gasteiger partial charge < -0.3 is 5.32 Å². The van der Waals surface area contributed by atoms with Gasteiger partial charge in [0.15, 0.2) is 5.01 Å². The Bertz CT molecular complexity index is 757. The molecule has 6 heteroatoms. The van der Waals surface area contributed by atoms with Gasteiger partial charge in [0, 0.05) is 12.2 Å². The fourth-order valence-electron chi connectivity index (χ4n) is 2.22. The Kier molecular flexibility index (Phi) is 3.70. The minimum atomic E-state index is -0.127. The molecule has 3 rings (SSSR count). The third kappa shape index (κ3) is 2.95. The first-order valence-electron chi connectivity index (χ1n) is 6.78. The highest BCUT2D eigenvalue weighted by atomic mass is 32.1. The van der Waals surface area contributed by atoms with Crippen LogP contribution in [0.3, 0.4) is 0 Å². The zero-order valence-electron chi connectivity index (χ0n) is 12.0. The lowest BCUT2D eigenvalue weighted by Crippen LogP contribution is -2.27. The van der Waals surface area contributed by atoms with Crippen molar-refractivity contribution < 1.29 is 4.79 Å². The lowest BCUT2D eigenvalue weighted by Gasteiger charge is -2.05. The van der Waals surface area contributed by atoms with Crippen LogP contribution in [0, 0.1) is 13.8 Å². The molecule has 21 heavy (non-hydrogen) atoms. The largest absolute Gasteiger partial charge is 0.348 e. The van der Waals surface area contributed by atoms with E-state index < -0.39 is 0 Å². The molecule has 3 aromatic rings. The number of rotatable bonds is 4. The molecule has 0 spiro atoms. The standard InChI is InChI=1S/C15H16N4OS/c1-10-9-11(2)19(18-10)8-7-16-14(20)15-17-12-5-3-4-6-13(12)21-15/h3-6,9H,7-8H2,1-2H3,(H,16,20). The van der Waals surface area contributed by atoms with Crippen LogP contribution in [0.1, 0.15) is 21.2 Å². The highest BCUT2D eigenvalue weighted by Gasteiger charge is 2.11. The molecule has 0 fully saturated rings. The topological polar surface area (TPSA) is 59.8 Å². The van der Waals surface area contributed by atoms with Gasteiger partial charge in [0.2, 0.25) is 0 Å². The minimum Gasteiger partial charge on any atom is -0.348 e. The van der Waals surface area contributed by atoms with E-state index in [1.54, 1.807) is 0 Å². The fourth-order valence-corrected chi connectivity index (χ4v) is 3.10. The molecule has 0 unspecified atom stereocenters. The van der Waals surface area contributed by atoms with Crippen molar-refractivity contribution in [2.75, 3.05) is 6.54 Å². The van der Waals surface area contributed by atoms with Gasteiger partial charge >= 0.3 is 0 Å². The highest BCUT2D eigenvalue weighted by Crippen LogP contribution is 2.21. The van der Waals surface area contributed by atoms with E-state index in [1.165, 1.54) is 11.3 Å². The molecule has 0 aliphatic rings. The molecule has 2 heterocycles. The van der Waals surface area contributed by atoms with Gasteiger partial charge in [-0.3, -0.25) is 9.48 Å². The number of carbonyl (C=O) groups is 1. The number of hydrogen-bond acceptors (Lipinski definition) is 4. The van der Waals surface area contributed by atoms with Crippen LogP contribution in [0.4, 0.5) is 0 Å². The first kappa shape index (κ1) is 13.8. The van der Waals surface area contributed by atoms with Crippen molar-refractivity contribution in [1.29, 1.82) is 0 Å². The number of nitrogens with one attached hydrogen (secondary N) is 1. The summed E-state index contributed by atoms with van der Waals surface area (Å²) in [6.45, 7) is 5.17. The van der Waals surface area contributed by atoms with Crippen LogP contribution in [0.5, 0.6) is 0 Å². The van der Waals surface area contributed by atoms with Crippen LogP contribution >= 0.6 is 11.3 Å². The normalized spacial score (nSPS) is 11.0. The van der Waals surface area contributed by atoms with E-state index in [4.69, 9.17) is 0 Å². The second kappa shape index (κ2) is 5.65. The number of benzene rings is 1. The number of nitrogens with zero attached hydrogens (tertiary/aromatic N) is 3. The van der Waals surface area contributed by atoms with Crippen molar-refractivity contribution in [3.05, 3.63) is 46.7 Å². The van der Waals surface area contributed by atoms with E-state index in [0.29, 0.717) is 18.1 Å². The number of para-hydroxylation sites is 1. The fraction of sp³-hybridized carbons (Fsp3) is 0.267. The van der Waals surface area contributed by atoms with Crippen molar-refractivity contribution in [2.24, 2.45) is 0 Å². The molecule has 0 atom stereocenters. The molecule has 0 bridgehead atoms. The van der Waals surface area contributed by atoms with Crippen molar-refractivity contribution in [3.8, 4) is 0 Å². The van der Waals surface area contributed by atoms with E-state index in [-0.39, 0.29) is 5.91 Å². The van der Waals surface area contributed by atoms with E-state index in [9.17, 15) is 4.79 Å². The molecule has 108 valence electrons. The summed E-state index contributed by atoms with van der Waals surface area (Å²) >= 11 is 1.41. The van der Waals surface area contributed by atoms with Crippen molar-refractivity contribution >= 4 is 27.5 Å². The predicted octanol–water partition coefficient (Wildman–Crippen LogP) is 2.54. The van der Waals surface area contributed by atoms with Gasteiger partial charge in [0.25, 0.3) is 5.91 Å². The van der Waals surface area contributed by atoms with E-state index in [1.807, 2.05) is 48.9 Å². The molecule has 0 radical (unpaired) electrons. The second-order valence-electron chi connectivity index (χ2n) is 4.89. The number of amides is 1. The summed E-state index contributed by atoms with van der Waals surface area (Å²) in [5.74, 6) is -0.127. The Morgan fingerprint density at radius 1 is 1.33 bits per heavy atom. The Labute approximate surface area is 126 Å². The highest BCUT2D eigenvalue weighted by molar-refractivity contribution is 7.20. The maximum atomic E-state index is 12.1. The van der Waals surface area contributed by atoms with Crippen LogP contribution in [-0.4, -0.2) is 27.2 Å². The SMILES string of the molecule is Cc1cc(C)n(CCNC(=O)c2nc3ccccc3s2)n1. The zero-order chi connectivity index (χ0) is 14.8. The van der Waals surface area contributed by atoms with Crippen LogP contribution < -0.4 is 5.32 Å². The molecule has 0 saturated carbocycles. The Balaban J connectivity index is 1.62. The predicted molar refractivity (Wildman–Crippen MR) is 83.7 cm³/mol. The van der Waals surface area contributed by atoms with Gasteiger partial charge in [-0.25, -0.2) is 4.98 Å². The molecule has 1 aromatic carbocycles. The van der Waals surface area contributed by atoms with Crippen molar-refractivity contribution in [3.63, 3.8) is 0 Å². The van der Waals surface area contributed by atoms with Gasteiger partial charge in [0.1, 0.15) is 0 Å². The van der Waals surface area contributed by atoms with Gasteiger partial charge in [-0.15, -0.1) is 11.3 Å². The molecular formula is C15H16N4OS. The van der Waals surface area contributed by atoms with E-state index in [2.05, 4.69) is 15.4 Å². The maximum Gasteiger partial charge on any atom is 0.280 e. The van der Waals surface area contributed by atoms with Gasteiger partial charge in [-0.1, -0.05) is 12.1 Å². The molecule has 1 N–H and O–H groups in total. The molecule has 2 aromatic heterocycles. The third-order valence-electron chi connectivity index (χ3n) is 3.20. The number of aryl methyl sites for hydroxylation is 2. The molecule has 0 aliphatic heterocycles. The Morgan fingerprint density at radius 2 is 2.14 bits per heavy atom. The summed E-state index contributed by atoms with van der Waals surface area (Å²) in [6, 6.07) is 9.78. The lowest BCUT2D eigenvalue weighted by molar-refractivity contribution is 0.0951. The molecule has 5 nitrogen and oxygen atoms in total. The smallest absolute Gasteiger partial charge is 0.280 e. The lowest BCUT2D eigenvalue weighted by atomic mass is 10.3. The molecule has 0 aliphatic carbocycles. The first-order chi connectivity index (χ1) is 10.1. The number of carbonyl (C=O) groups excluding carboxylic acids is 1. The zero-order valence-corrected chi connectivity index (χ0v) is 12.8. The van der Waals surface area contributed by atoms with Crippen molar-refractivity contribution in [1.82, 2.24) is 20.1 Å². The summed E-state index contributed by atoms with van der Waals surface area (Å²) in [5.41, 5.74) is 2.96. The second-order valence-corrected chi connectivity index (χ2v) is 5.92. The third-order valence-corrected chi connectivity index (χ3v) is 4.24. The monoisotopic (exact) mass is 300 g/mol.